The van der Waals surface area contributed by atoms with E-state index in [0.29, 0.717) is 37.4 Å². The SMILES string of the molecule is CCN(CC)C(=O)C1=C(C)N(Cc2ccccc2)C(=O)C(CC(=O)NCc2cccs2)C1. The predicted octanol–water partition coefficient (Wildman–Crippen LogP) is 3.95. The predicted molar refractivity (Wildman–Crippen MR) is 127 cm³/mol. The van der Waals surface area contributed by atoms with Crippen molar-refractivity contribution in [2.45, 2.75) is 46.7 Å². The zero-order valence-electron chi connectivity index (χ0n) is 19.0. The Morgan fingerprint density at radius 1 is 1.12 bits per heavy atom. The van der Waals surface area contributed by atoms with Crippen LogP contribution in [-0.4, -0.2) is 40.6 Å². The summed E-state index contributed by atoms with van der Waals surface area (Å²) in [4.78, 5) is 43.7. The second-order valence-electron chi connectivity index (χ2n) is 7.91. The van der Waals surface area contributed by atoms with Gasteiger partial charge in [-0.1, -0.05) is 36.4 Å². The van der Waals surface area contributed by atoms with Gasteiger partial charge < -0.3 is 15.1 Å². The van der Waals surface area contributed by atoms with E-state index in [9.17, 15) is 14.4 Å². The van der Waals surface area contributed by atoms with Crippen LogP contribution in [0.3, 0.4) is 0 Å². The van der Waals surface area contributed by atoms with Crippen LogP contribution >= 0.6 is 11.3 Å². The summed E-state index contributed by atoms with van der Waals surface area (Å²) >= 11 is 1.58. The first-order valence-electron chi connectivity index (χ1n) is 11.1. The number of carbonyl (C=O) groups is 3. The molecule has 1 aliphatic heterocycles. The molecule has 3 amide bonds. The van der Waals surface area contributed by atoms with Gasteiger partial charge in [0.05, 0.1) is 19.0 Å². The van der Waals surface area contributed by atoms with Gasteiger partial charge in [-0.3, -0.25) is 14.4 Å². The second kappa shape index (κ2) is 11.1. The molecule has 2 aromatic rings. The molecule has 0 bridgehead atoms. The van der Waals surface area contributed by atoms with Crippen LogP contribution in [0.2, 0.25) is 0 Å². The highest BCUT2D eigenvalue weighted by atomic mass is 32.1. The molecule has 6 nitrogen and oxygen atoms in total. The number of hydrogen-bond acceptors (Lipinski definition) is 4. The molecule has 0 saturated heterocycles. The summed E-state index contributed by atoms with van der Waals surface area (Å²) in [6.07, 6.45) is 0.357. The van der Waals surface area contributed by atoms with Crippen LogP contribution in [0.5, 0.6) is 0 Å². The third-order valence-corrected chi connectivity index (χ3v) is 6.75. The van der Waals surface area contributed by atoms with Gasteiger partial charge in [-0.05, 0) is 44.2 Å². The van der Waals surface area contributed by atoms with Gasteiger partial charge in [0.1, 0.15) is 0 Å². The third-order valence-electron chi connectivity index (χ3n) is 5.87. The molecule has 32 heavy (non-hydrogen) atoms. The van der Waals surface area contributed by atoms with Gasteiger partial charge in [-0.2, -0.15) is 0 Å². The maximum atomic E-state index is 13.4. The van der Waals surface area contributed by atoms with E-state index in [1.54, 1.807) is 21.1 Å². The minimum atomic E-state index is -0.555. The summed E-state index contributed by atoms with van der Waals surface area (Å²) in [5.41, 5.74) is 2.30. The largest absolute Gasteiger partial charge is 0.351 e. The fourth-order valence-corrected chi connectivity index (χ4v) is 4.64. The topological polar surface area (TPSA) is 69.7 Å². The highest BCUT2D eigenvalue weighted by molar-refractivity contribution is 7.09. The van der Waals surface area contributed by atoms with Crippen molar-refractivity contribution in [3.8, 4) is 0 Å². The molecule has 1 atom stereocenters. The first kappa shape index (κ1) is 23.7. The minimum Gasteiger partial charge on any atom is -0.351 e. The van der Waals surface area contributed by atoms with Crippen molar-refractivity contribution < 1.29 is 14.4 Å². The minimum absolute atomic E-state index is 0.0537. The van der Waals surface area contributed by atoms with Gasteiger partial charge in [-0.15, -0.1) is 11.3 Å². The Kier molecular flexibility index (Phi) is 8.22. The lowest BCUT2D eigenvalue weighted by Gasteiger charge is -2.36. The van der Waals surface area contributed by atoms with E-state index in [2.05, 4.69) is 5.32 Å². The number of amides is 3. The molecule has 1 unspecified atom stereocenters. The first-order chi connectivity index (χ1) is 15.4. The highest BCUT2D eigenvalue weighted by Gasteiger charge is 2.37. The van der Waals surface area contributed by atoms with E-state index >= 15 is 0 Å². The van der Waals surface area contributed by atoms with E-state index in [1.807, 2.05) is 68.6 Å². The summed E-state index contributed by atoms with van der Waals surface area (Å²) in [6, 6.07) is 13.6. The summed E-state index contributed by atoms with van der Waals surface area (Å²) in [5, 5.41) is 4.87. The Hall–Kier alpha value is -2.93. The second-order valence-corrected chi connectivity index (χ2v) is 8.94. The first-order valence-corrected chi connectivity index (χ1v) is 12.0. The summed E-state index contributed by atoms with van der Waals surface area (Å²) in [5.74, 6) is -0.887. The van der Waals surface area contributed by atoms with E-state index in [4.69, 9.17) is 0 Å². The van der Waals surface area contributed by atoms with Crippen LogP contribution in [0, 0.1) is 5.92 Å². The molecule has 2 heterocycles. The van der Waals surface area contributed by atoms with Gasteiger partial charge in [-0.25, -0.2) is 0 Å². The molecule has 1 aliphatic rings. The van der Waals surface area contributed by atoms with Gasteiger partial charge >= 0.3 is 0 Å². The van der Waals surface area contributed by atoms with Crippen LogP contribution in [0.15, 0.2) is 59.1 Å². The molecule has 3 rings (SSSR count). The van der Waals surface area contributed by atoms with Crippen molar-refractivity contribution in [3.05, 3.63) is 69.6 Å². The quantitative estimate of drug-likeness (QED) is 0.625. The Bertz CT molecular complexity index is 966. The highest BCUT2D eigenvalue weighted by Crippen LogP contribution is 2.32. The van der Waals surface area contributed by atoms with Crippen molar-refractivity contribution in [3.63, 3.8) is 0 Å². The zero-order valence-corrected chi connectivity index (χ0v) is 19.8. The fourth-order valence-electron chi connectivity index (χ4n) is 3.99. The molecule has 7 heteroatoms. The summed E-state index contributed by atoms with van der Waals surface area (Å²) < 4.78 is 0. The average molecular weight is 454 g/mol. The lowest BCUT2D eigenvalue weighted by atomic mass is 9.88. The summed E-state index contributed by atoms with van der Waals surface area (Å²) in [6.45, 7) is 7.77. The number of likely N-dealkylation sites (N-methyl/N-ethyl adjacent to an activating group) is 1. The maximum absolute atomic E-state index is 13.4. The normalized spacial score (nSPS) is 16.3. The molecule has 0 spiro atoms. The number of thiophene rings is 1. The molecule has 0 radical (unpaired) electrons. The molecular weight excluding hydrogens is 422 g/mol. The van der Waals surface area contributed by atoms with Crippen molar-refractivity contribution in [2.24, 2.45) is 5.92 Å². The molecule has 170 valence electrons. The molecule has 0 aliphatic carbocycles. The number of allylic oxidation sites excluding steroid dienone is 1. The van der Waals surface area contributed by atoms with E-state index in [1.165, 1.54) is 0 Å². The fraction of sp³-hybridized carbons (Fsp3) is 0.400. The van der Waals surface area contributed by atoms with Gasteiger partial charge in [0.15, 0.2) is 0 Å². The smallest absolute Gasteiger partial charge is 0.251 e. The van der Waals surface area contributed by atoms with Crippen LogP contribution < -0.4 is 5.32 Å². The molecule has 1 aromatic carbocycles. The van der Waals surface area contributed by atoms with Crippen molar-refractivity contribution in [2.75, 3.05) is 13.1 Å². The molecule has 0 fully saturated rings. The molecular formula is C25H31N3O3S. The van der Waals surface area contributed by atoms with Crippen molar-refractivity contribution in [1.29, 1.82) is 0 Å². The van der Waals surface area contributed by atoms with Crippen molar-refractivity contribution >= 4 is 29.1 Å². The Morgan fingerprint density at radius 2 is 1.84 bits per heavy atom. The maximum Gasteiger partial charge on any atom is 0.251 e. The lowest BCUT2D eigenvalue weighted by Crippen LogP contribution is -2.44. The number of benzene rings is 1. The summed E-state index contributed by atoms with van der Waals surface area (Å²) in [7, 11) is 0. The molecule has 1 aromatic heterocycles. The Labute approximate surface area is 193 Å². The monoisotopic (exact) mass is 453 g/mol. The standard InChI is InChI=1S/C25H31N3O3S/c1-4-27(5-2)25(31)22-14-20(15-23(29)26-16-21-12-9-13-32-21)24(30)28(18(22)3)17-19-10-7-6-8-11-19/h6-13,20H,4-5,14-17H2,1-3H3,(H,26,29). The van der Waals surface area contributed by atoms with Crippen LogP contribution in [0.1, 0.15) is 44.1 Å². The number of nitrogens with one attached hydrogen (secondary N) is 1. The van der Waals surface area contributed by atoms with Crippen molar-refractivity contribution in [1.82, 2.24) is 15.1 Å². The van der Waals surface area contributed by atoms with Gasteiger partial charge in [0.2, 0.25) is 11.8 Å². The van der Waals surface area contributed by atoms with Crippen LogP contribution in [0.4, 0.5) is 0 Å². The zero-order chi connectivity index (χ0) is 23.1. The lowest BCUT2D eigenvalue weighted by molar-refractivity contribution is -0.139. The van der Waals surface area contributed by atoms with Crippen LogP contribution in [0.25, 0.3) is 0 Å². The molecule has 1 N–H and O–H groups in total. The average Bonchev–Trinajstić information content (AvgIpc) is 3.32. The number of rotatable bonds is 9. The number of carbonyl (C=O) groups excluding carboxylic acids is 3. The van der Waals surface area contributed by atoms with E-state index in [0.717, 1.165) is 10.4 Å². The van der Waals surface area contributed by atoms with E-state index in [-0.39, 0.29) is 30.6 Å². The van der Waals surface area contributed by atoms with Gasteiger partial charge in [0.25, 0.3) is 5.91 Å². The van der Waals surface area contributed by atoms with E-state index < -0.39 is 5.92 Å². The Balaban J connectivity index is 1.82. The van der Waals surface area contributed by atoms with Crippen LogP contribution in [-0.2, 0) is 27.5 Å². The number of hydrogen-bond donors (Lipinski definition) is 1. The number of nitrogens with zero attached hydrogens (tertiary/aromatic N) is 2. The molecule has 0 saturated carbocycles. The Morgan fingerprint density at radius 3 is 2.47 bits per heavy atom. The third kappa shape index (κ3) is 5.65. The van der Waals surface area contributed by atoms with Gasteiger partial charge in [0, 0.05) is 35.7 Å².